The van der Waals surface area contributed by atoms with Crippen molar-refractivity contribution in [2.45, 2.75) is 32.7 Å². The Morgan fingerprint density at radius 2 is 2.23 bits per heavy atom. The van der Waals surface area contributed by atoms with Crippen LogP contribution in [0.1, 0.15) is 47.6 Å². The van der Waals surface area contributed by atoms with E-state index in [9.17, 15) is 9.59 Å². The molecule has 7 heteroatoms. The summed E-state index contributed by atoms with van der Waals surface area (Å²) in [5, 5.41) is 5.88. The zero-order valence-electron chi connectivity index (χ0n) is 15.5. The van der Waals surface area contributed by atoms with Gasteiger partial charge in [0, 0.05) is 43.8 Å². The molecular weight excluding hydrogens is 330 g/mol. The first-order chi connectivity index (χ1) is 12.5. The summed E-state index contributed by atoms with van der Waals surface area (Å²) in [4.78, 5) is 30.8. The number of nitrogens with zero attached hydrogens (tertiary/aromatic N) is 3. The van der Waals surface area contributed by atoms with E-state index in [1.165, 1.54) is 0 Å². The molecule has 1 aromatic heterocycles. The number of aromatic nitrogens is 2. The maximum absolute atomic E-state index is 12.8. The zero-order chi connectivity index (χ0) is 18.7. The second-order valence-electron chi connectivity index (χ2n) is 6.60. The monoisotopic (exact) mass is 355 g/mol. The molecule has 1 aliphatic heterocycles. The number of anilines is 1. The molecule has 3 rings (SSSR count). The third-order valence-electron chi connectivity index (χ3n) is 4.67. The molecule has 26 heavy (non-hydrogen) atoms. The molecule has 1 saturated heterocycles. The van der Waals surface area contributed by atoms with Crippen molar-refractivity contribution in [1.29, 1.82) is 0 Å². The van der Waals surface area contributed by atoms with Gasteiger partial charge in [0.25, 0.3) is 5.91 Å². The molecule has 138 valence electrons. The molecule has 1 fully saturated rings. The summed E-state index contributed by atoms with van der Waals surface area (Å²) in [6.45, 7) is 5.25. The first-order valence-electron chi connectivity index (χ1n) is 8.95. The Balaban J connectivity index is 1.83. The summed E-state index contributed by atoms with van der Waals surface area (Å²) in [6, 6.07) is 5.20. The van der Waals surface area contributed by atoms with Crippen LogP contribution in [0.15, 0.2) is 30.6 Å². The Labute approximate surface area is 153 Å². The number of urea groups is 1. The highest BCUT2D eigenvalue weighted by Gasteiger charge is 2.24. The van der Waals surface area contributed by atoms with Crippen LogP contribution in [0.4, 0.5) is 10.5 Å². The standard InChI is InChI=1S/C19H25N5O2/c1-4-5-15(17-20-8-10-23(17)3)22-18(25)14-7-6-13(2)16(12-14)24-11-9-21-19(24)26/h6-8,10,12,15H,4-5,9,11H2,1-3H3,(H,21,26)(H,22,25). The molecule has 1 atom stereocenters. The van der Waals surface area contributed by atoms with E-state index in [-0.39, 0.29) is 18.0 Å². The summed E-state index contributed by atoms with van der Waals surface area (Å²) in [5.74, 6) is 0.679. The van der Waals surface area contributed by atoms with Gasteiger partial charge < -0.3 is 15.2 Å². The average Bonchev–Trinajstić information content (AvgIpc) is 3.23. The van der Waals surface area contributed by atoms with E-state index < -0.39 is 0 Å². The summed E-state index contributed by atoms with van der Waals surface area (Å²) in [6.07, 6.45) is 5.36. The van der Waals surface area contributed by atoms with Gasteiger partial charge in [0.1, 0.15) is 5.82 Å². The molecule has 2 N–H and O–H groups in total. The van der Waals surface area contributed by atoms with E-state index in [4.69, 9.17) is 0 Å². The minimum atomic E-state index is -0.160. The first-order valence-corrected chi connectivity index (χ1v) is 8.95. The van der Waals surface area contributed by atoms with Crippen molar-refractivity contribution in [2.75, 3.05) is 18.0 Å². The minimum Gasteiger partial charge on any atom is -0.342 e. The lowest BCUT2D eigenvalue weighted by molar-refractivity contribution is 0.0932. The van der Waals surface area contributed by atoms with Crippen LogP contribution in [-0.4, -0.2) is 34.6 Å². The highest BCUT2D eigenvalue weighted by molar-refractivity contribution is 5.99. The number of nitrogens with one attached hydrogen (secondary N) is 2. The Hall–Kier alpha value is -2.83. The summed E-state index contributed by atoms with van der Waals surface area (Å²) in [7, 11) is 1.92. The van der Waals surface area contributed by atoms with Crippen LogP contribution in [0.2, 0.25) is 0 Å². The van der Waals surface area contributed by atoms with Crippen LogP contribution in [0.5, 0.6) is 0 Å². The van der Waals surface area contributed by atoms with Crippen molar-refractivity contribution < 1.29 is 9.59 Å². The lowest BCUT2D eigenvalue weighted by Crippen LogP contribution is -2.31. The van der Waals surface area contributed by atoms with E-state index in [1.54, 1.807) is 23.2 Å². The number of rotatable bonds is 6. The molecule has 1 aromatic carbocycles. The molecule has 2 aromatic rings. The highest BCUT2D eigenvalue weighted by atomic mass is 16.2. The zero-order valence-corrected chi connectivity index (χ0v) is 15.5. The number of hydrogen-bond donors (Lipinski definition) is 2. The largest absolute Gasteiger partial charge is 0.342 e. The van der Waals surface area contributed by atoms with Gasteiger partial charge in [-0.25, -0.2) is 9.78 Å². The SMILES string of the molecule is CCCC(NC(=O)c1ccc(C)c(N2CCNC2=O)c1)c1nccn1C. The topological polar surface area (TPSA) is 79.3 Å². The van der Waals surface area contributed by atoms with E-state index >= 15 is 0 Å². The Kier molecular flexibility index (Phi) is 5.25. The van der Waals surface area contributed by atoms with Gasteiger partial charge >= 0.3 is 6.03 Å². The third kappa shape index (κ3) is 3.56. The van der Waals surface area contributed by atoms with Gasteiger partial charge in [-0.3, -0.25) is 9.69 Å². The van der Waals surface area contributed by atoms with Gasteiger partial charge in [-0.15, -0.1) is 0 Å². The quantitative estimate of drug-likeness (QED) is 0.836. The van der Waals surface area contributed by atoms with Crippen LogP contribution in [0.25, 0.3) is 0 Å². The van der Waals surface area contributed by atoms with Crippen molar-refractivity contribution in [3.8, 4) is 0 Å². The number of carbonyl (C=O) groups is 2. The maximum Gasteiger partial charge on any atom is 0.322 e. The fourth-order valence-corrected chi connectivity index (χ4v) is 3.25. The molecule has 3 amide bonds. The molecule has 0 radical (unpaired) electrons. The second kappa shape index (κ2) is 7.59. The molecule has 1 aliphatic rings. The highest BCUT2D eigenvalue weighted by Crippen LogP contribution is 2.24. The van der Waals surface area contributed by atoms with Gasteiger partial charge in [-0.2, -0.15) is 0 Å². The van der Waals surface area contributed by atoms with Crippen LogP contribution in [-0.2, 0) is 7.05 Å². The lowest BCUT2D eigenvalue weighted by Gasteiger charge is -2.20. The van der Waals surface area contributed by atoms with Crippen molar-refractivity contribution in [1.82, 2.24) is 20.2 Å². The van der Waals surface area contributed by atoms with Gasteiger partial charge in [0.05, 0.1) is 6.04 Å². The summed E-state index contributed by atoms with van der Waals surface area (Å²) >= 11 is 0. The molecule has 1 unspecified atom stereocenters. The minimum absolute atomic E-state index is 0.123. The van der Waals surface area contributed by atoms with Crippen molar-refractivity contribution in [3.05, 3.63) is 47.5 Å². The Bertz CT molecular complexity index is 814. The first kappa shape index (κ1) is 18.0. The van der Waals surface area contributed by atoms with Crippen molar-refractivity contribution >= 4 is 17.6 Å². The van der Waals surface area contributed by atoms with Gasteiger partial charge in [-0.05, 0) is 31.0 Å². The summed E-state index contributed by atoms with van der Waals surface area (Å²) < 4.78 is 1.93. The number of imidazole rings is 1. The average molecular weight is 355 g/mol. The molecule has 0 saturated carbocycles. The predicted octanol–water partition coefficient (Wildman–Crippen LogP) is 2.53. The number of carbonyl (C=O) groups excluding carboxylic acids is 2. The van der Waals surface area contributed by atoms with Gasteiger partial charge in [0.15, 0.2) is 0 Å². The van der Waals surface area contributed by atoms with E-state index in [0.717, 1.165) is 29.9 Å². The fourth-order valence-electron chi connectivity index (χ4n) is 3.25. The predicted molar refractivity (Wildman–Crippen MR) is 100 cm³/mol. The number of hydrogen-bond acceptors (Lipinski definition) is 3. The fraction of sp³-hybridized carbons (Fsp3) is 0.421. The van der Waals surface area contributed by atoms with Crippen LogP contribution < -0.4 is 15.5 Å². The van der Waals surface area contributed by atoms with Crippen LogP contribution in [0.3, 0.4) is 0 Å². The molecule has 7 nitrogen and oxygen atoms in total. The van der Waals surface area contributed by atoms with Crippen molar-refractivity contribution in [2.24, 2.45) is 7.05 Å². The molecule has 0 bridgehead atoms. The van der Waals surface area contributed by atoms with Crippen LogP contribution in [0, 0.1) is 6.92 Å². The third-order valence-corrected chi connectivity index (χ3v) is 4.67. The normalized spacial score (nSPS) is 15.0. The summed E-state index contributed by atoms with van der Waals surface area (Å²) in [5.41, 5.74) is 2.28. The van der Waals surface area contributed by atoms with Gasteiger partial charge in [0.2, 0.25) is 0 Å². The maximum atomic E-state index is 12.8. The Morgan fingerprint density at radius 1 is 1.42 bits per heavy atom. The number of amides is 3. The molecule has 0 spiro atoms. The van der Waals surface area contributed by atoms with E-state index in [2.05, 4.69) is 22.5 Å². The molecule has 0 aliphatic carbocycles. The molecule has 2 heterocycles. The van der Waals surface area contributed by atoms with E-state index in [1.807, 2.05) is 30.8 Å². The molecular formula is C19H25N5O2. The van der Waals surface area contributed by atoms with E-state index in [0.29, 0.717) is 18.7 Å². The lowest BCUT2D eigenvalue weighted by atomic mass is 10.1. The number of benzene rings is 1. The number of aryl methyl sites for hydroxylation is 2. The van der Waals surface area contributed by atoms with Crippen LogP contribution >= 0.6 is 0 Å². The Morgan fingerprint density at radius 3 is 2.85 bits per heavy atom. The second-order valence-corrected chi connectivity index (χ2v) is 6.60. The van der Waals surface area contributed by atoms with Gasteiger partial charge in [-0.1, -0.05) is 19.4 Å². The smallest absolute Gasteiger partial charge is 0.322 e. The van der Waals surface area contributed by atoms with Crippen molar-refractivity contribution in [3.63, 3.8) is 0 Å².